The molecule has 1 saturated heterocycles. The summed E-state index contributed by atoms with van der Waals surface area (Å²) in [4.78, 5) is 2.31. The number of rotatable bonds is 2. The van der Waals surface area contributed by atoms with E-state index in [1.54, 1.807) is 0 Å². The van der Waals surface area contributed by atoms with Gasteiger partial charge < -0.3 is 10.2 Å². The highest BCUT2D eigenvalue weighted by molar-refractivity contribution is 8.10. The van der Waals surface area contributed by atoms with Crippen LogP contribution in [0.15, 0.2) is 0 Å². The quantitative estimate of drug-likeness (QED) is 0.585. The lowest BCUT2D eigenvalue weighted by atomic mass is 9.84. The molecule has 1 unspecified atom stereocenters. The number of thiol groups is 1. The SMILES string of the molecule is S=C(S)N1CCNCC1CC1CCCCC1. The Morgan fingerprint density at radius 1 is 1.31 bits per heavy atom. The van der Waals surface area contributed by atoms with Gasteiger partial charge in [0.05, 0.1) is 0 Å². The zero-order valence-corrected chi connectivity index (χ0v) is 11.5. The molecule has 2 nitrogen and oxygen atoms in total. The van der Waals surface area contributed by atoms with Gasteiger partial charge in [0, 0.05) is 25.7 Å². The summed E-state index contributed by atoms with van der Waals surface area (Å²) in [6, 6.07) is 0.585. The van der Waals surface area contributed by atoms with Crippen molar-refractivity contribution in [3.8, 4) is 0 Å². The van der Waals surface area contributed by atoms with E-state index in [1.165, 1.54) is 38.5 Å². The summed E-state index contributed by atoms with van der Waals surface area (Å²) >= 11 is 9.57. The molecule has 0 bridgehead atoms. The van der Waals surface area contributed by atoms with Crippen LogP contribution in [-0.2, 0) is 0 Å². The minimum atomic E-state index is 0.585. The van der Waals surface area contributed by atoms with Gasteiger partial charge in [-0.15, -0.1) is 12.6 Å². The average Bonchev–Trinajstić information content (AvgIpc) is 2.31. The minimum Gasteiger partial charge on any atom is -0.352 e. The number of hydrogen-bond acceptors (Lipinski definition) is 2. The summed E-state index contributed by atoms with van der Waals surface area (Å²) in [6.07, 6.45) is 8.43. The Morgan fingerprint density at radius 2 is 2.06 bits per heavy atom. The van der Waals surface area contributed by atoms with Crippen LogP contribution in [0.4, 0.5) is 0 Å². The first-order valence-electron chi connectivity index (χ1n) is 6.47. The van der Waals surface area contributed by atoms with Gasteiger partial charge in [0.2, 0.25) is 0 Å². The molecule has 0 spiro atoms. The van der Waals surface area contributed by atoms with E-state index < -0.39 is 0 Å². The van der Waals surface area contributed by atoms with Crippen LogP contribution in [0.5, 0.6) is 0 Å². The molecule has 16 heavy (non-hydrogen) atoms. The summed E-state index contributed by atoms with van der Waals surface area (Å²) in [7, 11) is 0. The average molecular weight is 258 g/mol. The van der Waals surface area contributed by atoms with E-state index in [1.807, 2.05) is 0 Å². The number of piperazine rings is 1. The largest absolute Gasteiger partial charge is 0.352 e. The van der Waals surface area contributed by atoms with Crippen LogP contribution in [0.3, 0.4) is 0 Å². The second kappa shape index (κ2) is 6.22. The molecule has 1 heterocycles. The molecule has 1 aliphatic heterocycles. The molecule has 0 radical (unpaired) electrons. The summed E-state index contributed by atoms with van der Waals surface area (Å²) in [5.74, 6) is 0.920. The monoisotopic (exact) mass is 258 g/mol. The van der Waals surface area contributed by atoms with Crippen molar-refractivity contribution in [2.24, 2.45) is 5.92 Å². The Kier molecular flexibility index (Phi) is 4.92. The molecule has 0 aromatic rings. The van der Waals surface area contributed by atoms with Gasteiger partial charge in [-0.05, 0) is 12.3 Å². The Hall–Kier alpha value is 0.200. The molecule has 1 aliphatic carbocycles. The second-order valence-corrected chi connectivity index (χ2v) is 6.19. The molecule has 2 rings (SSSR count). The van der Waals surface area contributed by atoms with E-state index in [0.29, 0.717) is 6.04 Å². The molecule has 0 aromatic heterocycles. The minimum absolute atomic E-state index is 0.585. The topological polar surface area (TPSA) is 15.3 Å². The van der Waals surface area contributed by atoms with Crippen molar-refractivity contribution in [1.82, 2.24) is 10.2 Å². The van der Waals surface area contributed by atoms with Crippen LogP contribution < -0.4 is 5.32 Å². The summed E-state index contributed by atoms with van der Waals surface area (Å²) in [5.41, 5.74) is 0. The number of hydrogen-bond donors (Lipinski definition) is 2. The first-order valence-corrected chi connectivity index (χ1v) is 7.33. The third-order valence-electron chi connectivity index (χ3n) is 3.93. The number of thiocarbonyl (C=S) groups is 1. The van der Waals surface area contributed by atoms with Gasteiger partial charge in [0.15, 0.2) is 0 Å². The lowest BCUT2D eigenvalue weighted by molar-refractivity contribution is 0.203. The molecule has 0 aromatic carbocycles. The molecular formula is C12H22N2S2. The van der Waals surface area contributed by atoms with Crippen molar-refractivity contribution in [3.05, 3.63) is 0 Å². The molecule has 1 saturated carbocycles. The third-order valence-corrected chi connectivity index (χ3v) is 4.42. The molecule has 92 valence electrons. The normalized spacial score (nSPS) is 28.1. The van der Waals surface area contributed by atoms with Crippen LogP contribution in [0.1, 0.15) is 38.5 Å². The first-order chi connectivity index (χ1) is 7.77. The van der Waals surface area contributed by atoms with Gasteiger partial charge in [-0.25, -0.2) is 0 Å². The van der Waals surface area contributed by atoms with Crippen molar-refractivity contribution in [2.45, 2.75) is 44.6 Å². The van der Waals surface area contributed by atoms with Gasteiger partial charge in [-0.3, -0.25) is 0 Å². The lowest BCUT2D eigenvalue weighted by Gasteiger charge is -2.39. The van der Waals surface area contributed by atoms with E-state index in [-0.39, 0.29) is 0 Å². The van der Waals surface area contributed by atoms with E-state index >= 15 is 0 Å². The van der Waals surface area contributed by atoms with E-state index in [0.717, 1.165) is 29.9 Å². The van der Waals surface area contributed by atoms with Crippen LogP contribution in [0, 0.1) is 5.92 Å². The molecule has 2 fully saturated rings. The highest BCUT2D eigenvalue weighted by Crippen LogP contribution is 2.29. The van der Waals surface area contributed by atoms with Crippen LogP contribution in [0.2, 0.25) is 0 Å². The van der Waals surface area contributed by atoms with Crippen LogP contribution in [0.25, 0.3) is 0 Å². The maximum Gasteiger partial charge on any atom is 0.133 e. The van der Waals surface area contributed by atoms with E-state index in [2.05, 4.69) is 22.8 Å². The smallest absolute Gasteiger partial charge is 0.133 e. The zero-order valence-electron chi connectivity index (χ0n) is 9.82. The van der Waals surface area contributed by atoms with E-state index in [9.17, 15) is 0 Å². The fourth-order valence-electron chi connectivity index (χ4n) is 3.03. The molecule has 2 aliphatic rings. The Balaban J connectivity index is 1.87. The van der Waals surface area contributed by atoms with Gasteiger partial charge in [-0.1, -0.05) is 44.3 Å². The van der Waals surface area contributed by atoms with Gasteiger partial charge in [0.25, 0.3) is 0 Å². The number of nitrogens with zero attached hydrogens (tertiary/aromatic N) is 1. The highest BCUT2D eigenvalue weighted by Gasteiger charge is 2.26. The van der Waals surface area contributed by atoms with Gasteiger partial charge in [0.1, 0.15) is 4.32 Å². The summed E-state index contributed by atoms with van der Waals surface area (Å²) < 4.78 is 0.780. The van der Waals surface area contributed by atoms with Crippen molar-refractivity contribution in [2.75, 3.05) is 19.6 Å². The summed E-state index contributed by atoms with van der Waals surface area (Å²) in [5, 5.41) is 3.47. The van der Waals surface area contributed by atoms with Gasteiger partial charge >= 0.3 is 0 Å². The van der Waals surface area contributed by atoms with Gasteiger partial charge in [-0.2, -0.15) is 0 Å². The third kappa shape index (κ3) is 3.34. The Bertz CT molecular complexity index is 239. The molecule has 1 atom stereocenters. The standard InChI is InChI=1S/C12H22N2S2/c15-12(16)14-7-6-13-9-11(14)8-10-4-2-1-3-5-10/h10-11,13H,1-9H2,(H,15,16). The van der Waals surface area contributed by atoms with Crippen molar-refractivity contribution >= 4 is 29.2 Å². The maximum absolute atomic E-state index is 5.22. The Morgan fingerprint density at radius 3 is 2.75 bits per heavy atom. The van der Waals surface area contributed by atoms with Crippen molar-refractivity contribution < 1.29 is 0 Å². The molecule has 0 amide bonds. The van der Waals surface area contributed by atoms with Crippen molar-refractivity contribution in [3.63, 3.8) is 0 Å². The predicted octanol–water partition coefficient (Wildman–Crippen LogP) is 2.45. The first kappa shape index (κ1) is 12.7. The molecule has 4 heteroatoms. The van der Waals surface area contributed by atoms with Crippen molar-refractivity contribution in [1.29, 1.82) is 0 Å². The van der Waals surface area contributed by atoms with E-state index in [4.69, 9.17) is 12.2 Å². The lowest BCUT2D eigenvalue weighted by Crippen LogP contribution is -2.52. The maximum atomic E-state index is 5.22. The van der Waals surface area contributed by atoms with Crippen LogP contribution in [-0.4, -0.2) is 34.9 Å². The number of nitrogens with one attached hydrogen (secondary N) is 1. The fourth-order valence-corrected chi connectivity index (χ4v) is 3.53. The second-order valence-electron chi connectivity index (χ2n) is 5.07. The van der Waals surface area contributed by atoms with Crippen LogP contribution >= 0.6 is 24.8 Å². The highest BCUT2D eigenvalue weighted by atomic mass is 32.1. The predicted molar refractivity (Wildman–Crippen MR) is 76.1 cm³/mol. The Labute approximate surface area is 110 Å². The molecule has 1 N–H and O–H groups in total. The fraction of sp³-hybridized carbons (Fsp3) is 0.917. The summed E-state index contributed by atoms with van der Waals surface area (Å²) in [6.45, 7) is 3.15. The zero-order chi connectivity index (χ0) is 11.4. The molecular weight excluding hydrogens is 236 g/mol.